The highest BCUT2D eigenvalue weighted by Crippen LogP contribution is 2.55. The van der Waals surface area contributed by atoms with E-state index in [0.717, 1.165) is 4.57 Å². The number of hydrogen-bond donors (Lipinski definition) is 2. The second-order valence-corrected chi connectivity index (χ2v) is 5.69. The number of phosphoric acid groups is 1. The zero-order valence-corrected chi connectivity index (χ0v) is 10.9. The molecule has 0 amide bonds. The molecule has 1 aromatic rings. The van der Waals surface area contributed by atoms with Gasteiger partial charge in [0, 0.05) is 6.20 Å². The molecule has 2 fully saturated rings. The predicted octanol–water partition coefficient (Wildman–Crippen LogP) is -2.03. The summed E-state index contributed by atoms with van der Waals surface area (Å²) in [5.41, 5.74) is 4.65. The lowest BCUT2D eigenvalue weighted by Crippen LogP contribution is -2.34. The van der Waals surface area contributed by atoms with Crippen molar-refractivity contribution in [3.63, 3.8) is 0 Å². The molecule has 0 spiro atoms. The predicted molar refractivity (Wildman–Crippen MR) is 61.3 cm³/mol. The van der Waals surface area contributed by atoms with Crippen molar-refractivity contribution in [3.8, 4) is 0 Å². The van der Waals surface area contributed by atoms with Crippen molar-refractivity contribution in [3.05, 3.63) is 22.7 Å². The Balaban J connectivity index is 1.98. The fraction of sp³-hybridized carbons (Fsp3) is 0.556. The third-order valence-corrected chi connectivity index (χ3v) is 4.10. The fourth-order valence-corrected chi connectivity index (χ4v) is 3.39. The largest absolute Gasteiger partial charge is 0.756 e. The molecule has 2 aliphatic heterocycles. The molecule has 0 saturated carbocycles. The number of nitrogens with two attached hydrogens (primary N) is 1. The van der Waals surface area contributed by atoms with Gasteiger partial charge in [0.2, 0.25) is 0 Å². The summed E-state index contributed by atoms with van der Waals surface area (Å²) in [4.78, 5) is 26.6. The summed E-state index contributed by atoms with van der Waals surface area (Å²) in [6.07, 6.45) is -2.73. The molecule has 2 aliphatic rings. The SMILES string of the molecule is Nc1ccn([C@@H]2O[C@H](CO)[C@H]3OP(=O)([O-])O[C@H]32)c(=O)n1. The molecule has 3 rings (SSSR count). The van der Waals surface area contributed by atoms with Crippen molar-refractivity contribution < 1.29 is 28.3 Å². The minimum absolute atomic E-state index is 0.0255. The highest BCUT2D eigenvalue weighted by atomic mass is 31.2. The summed E-state index contributed by atoms with van der Waals surface area (Å²) in [6, 6.07) is 1.36. The van der Waals surface area contributed by atoms with Gasteiger partial charge in [-0.3, -0.25) is 9.13 Å². The van der Waals surface area contributed by atoms with Crippen LogP contribution in [0.15, 0.2) is 17.1 Å². The van der Waals surface area contributed by atoms with E-state index in [1.54, 1.807) is 0 Å². The van der Waals surface area contributed by atoms with E-state index in [4.69, 9.17) is 19.5 Å². The quantitative estimate of drug-likeness (QED) is 0.589. The standard InChI is InChI=1S/C9H12N3O7P/c10-5-1-2-12(9(14)11-5)8-7-6(4(3-13)17-8)18-20(15,16)19-7/h1-2,4,6-8,13H,3H2,(H,15,16)(H2,10,11,14)/p-1/t4-,6-,7-,8-/m1/s1. The summed E-state index contributed by atoms with van der Waals surface area (Å²) >= 11 is 0. The molecule has 110 valence electrons. The number of hydrogen-bond acceptors (Lipinski definition) is 9. The van der Waals surface area contributed by atoms with Crippen molar-refractivity contribution in [1.29, 1.82) is 0 Å². The Hall–Kier alpha value is -1.29. The van der Waals surface area contributed by atoms with Gasteiger partial charge < -0.3 is 29.5 Å². The first-order chi connectivity index (χ1) is 9.41. The van der Waals surface area contributed by atoms with Crippen molar-refractivity contribution >= 4 is 13.6 Å². The number of aromatic nitrogens is 2. The van der Waals surface area contributed by atoms with Crippen LogP contribution < -0.4 is 16.3 Å². The number of aliphatic hydroxyl groups excluding tert-OH is 1. The van der Waals surface area contributed by atoms with Crippen LogP contribution in [-0.2, 0) is 18.3 Å². The average Bonchev–Trinajstić information content (AvgIpc) is 2.83. The number of fused-ring (bicyclic) bond motifs is 1. The molecule has 10 nitrogen and oxygen atoms in total. The van der Waals surface area contributed by atoms with Gasteiger partial charge in [-0.1, -0.05) is 0 Å². The van der Waals surface area contributed by atoms with Crippen LogP contribution in [0.2, 0.25) is 0 Å². The smallest absolute Gasteiger partial charge is 0.351 e. The maximum Gasteiger partial charge on any atom is 0.351 e. The molecular weight excluding hydrogens is 293 g/mol. The van der Waals surface area contributed by atoms with Crippen LogP contribution in [0.1, 0.15) is 6.23 Å². The summed E-state index contributed by atoms with van der Waals surface area (Å²) in [5.74, 6) is 0.0255. The normalized spacial score (nSPS) is 39.9. The van der Waals surface area contributed by atoms with Crippen LogP contribution in [-0.4, -0.2) is 39.6 Å². The van der Waals surface area contributed by atoms with Crippen molar-refractivity contribution in [2.75, 3.05) is 12.3 Å². The number of nitrogen functional groups attached to an aromatic ring is 1. The van der Waals surface area contributed by atoms with Gasteiger partial charge in [0.25, 0.3) is 7.82 Å². The Labute approximate surface area is 112 Å². The maximum absolute atomic E-state index is 11.8. The lowest BCUT2D eigenvalue weighted by Gasteiger charge is -2.22. The first-order valence-electron chi connectivity index (χ1n) is 5.70. The van der Waals surface area contributed by atoms with Crippen LogP contribution in [0.25, 0.3) is 0 Å². The molecule has 5 atom stereocenters. The fourth-order valence-electron chi connectivity index (χ4n) is 2.26. The highest BCUT2D eigenvalue weighted by Gasteiger charge is 2.54. The molecule has 0 bridgehead atoms. The van der Waals surface area contributed by atoms with Gasteiger partial charge in [0.05, 0.1) is 6.61 Å². The Morgan fingerprint density at radius 2 is 2.20 bits per heavy atom. The topological polar surface area (TPSA) is 149 Å². The van der Waals surface area contributed by atoms with E-state index < -0.39 is 44.7 Å². The number of rotatable bonds is 2. The molecular formula is C9H11N3O7P-. The molecule has 1 aromatic heterocycles. The number of ether oxygens (including phenoxy) is 1. The first kappa shape index (κ1) is 13.7. The monoisotopic (exact) mass is 304 g/mol. The number of nitrogens with zero attached hydrogens (tertiary/aromatic N) is 2. The van der Waals surface area contributed by atoms with E-state index in [1.807, 2.05) is 0 Å². The Bertz CT molecular complexity index is 634. The van der Waals surface area contributed by atoms with Crippen LogP contribution >= 0.6 is 7.82 Å². The van der Waals surface area contributed by atoms with Gasteiger partial charge in [-0.15, -0.1) is 0 Å². The van der Waals surface area contributed by atoms with Gasteiger partial charge in [-0.05, 0) is 6.07 Å². The average molecular weight is 304 g/mol. The molecule has 1 unspecified atom stereocenters. The van der Waals surface area contributed by atoms with Crippen LogP contribution in [0.3, 0.4) is 0 Å². The number of phosphoric ester groups is 1. The molecule has 0 radical (unpaired) electrons. The van der Waals surface area contributed by atoms with Gasteiger partial charge in [-0.2, -0.15) is 4.98 Å². The lowest BCUT2D eigenvalue weighted by molar-refractivity contribution is -0.222. The van der Waals surface area contributed by atoms with Crippen LogP contribution in [0.5, 0.6) is 0 Å². The first-order valence-corrected chi connectivity index (χ1v) is 7.16. The van der Waals surface area contributed by atoms with Gasteiger partial charge >= 0.3 is 5.69 Å². The van der Waals surface area contributed by atoms with E-state index in [1.165, 1.54) is 12.3 Å². The minimum Gasteiger partial charge on any atom is -0.756 e. The zero-order chi connectivity index (χ0) is 14.5. The molecule has 20 heavy (non-hydrogen) atoms. The van der Waals surface area contributed by atoms with Crippen molar-refractivity contribution in [2.24, 2.45) is 0 Å². The van der Waals surface area contributed by atoms with Crippen molar-refractivity contribution in [1.82, 2.24) is 9.55 Å². The molecule has 11 heteroatoms. The summed E-state index contributed by atoms with van der Waals surface area (Å²) in [7, 11) is -4.46. The molecule has 0 aromatic carbocycles. The van der Waals surface area contributed by atoms with Gasteiger partial charge in [-0.25, -0.2) is 4.79 Å². The van der Waals surface area contributed by atoms with Gasteiger partial charge in [0.15, 0.2) is 6.23 Å². The number of aliphatic hydroxyl groups is 1. The number of anilines is 1. The Kier molecular flexibility index (Phi) is 3.16. The van der Waals surface area contributed by atoms with Gasteiger partial charge in [0.1, 0.15) is 24.1 Å². The highest BCUT2D eigenvalue weighted by molar-refractivity contribution is 7.46. The van der Waals surface area contributed by atoms with Crippen LogP contribution in [0.4, 0.5) is 5.82 Å². The van der Waals surface area contributed by atoms with Crippen LogP contribution in [0, 0.1) is 0 Å². The second-order valence-electron chi connectivity index (χ2n) is 4.38. The lowest BCUT2D eigenvalue weighted by atomic mass is 10.1. The Morgan fingerprint density at radius 3 is 2.85 bits per heavy atom. The van der Waals surface area contributed by atoms with E-state index in [2.05, 4.69) is 4.98 Å². The Morgan fingerprint density at radius 1 is 1.50 bits per heavy atom. The van der Waals surface area contributed by atoms with E-state index >= 15 is 0 Å². The summed E-state index contributed by atoms with van der Waals surface area (Å²) in [6.45, 7) is -0.474. The molecule has 2 saturated heterocycles. The summed E-state index contributed by atoms with van der Waals surface area (Å²) in [5, 5.41) is 9.19. The zero-order valence-electron chi connectivity index (χ0n) is 9.99. The third-order valence-electron chi connectivity index (χ3n) is 3.09. The van der Waals surface area contributed by atoms with E-state index in [9.17, 15) is 19.4 Å². The van der Waals surface area contributed by atoms with E-state index in [-0.39, 0.29) is 5.82 Å². The maximum atomic E-state index is 11.8. The van der Waals surface area contributed by atoms with E-state index in [0.29, 0.717) is 0 Å². The minimum atomic E-state index is -4.46. The second kappa shape index (κ2) is 4.62. The molecule has 3 heterocycles. The van der Waals surface area contributed by atoms with Crippen molar-refractivity contribution in [2.45, 2.75) is 24.5 Å². The molecule has 0 aliphatic carbocycles. The third kappa shape index (κ3) is 2.16. The molecule has 3 N–H and O–H groups in total. The summed E-state index contributed by atoms with van der Waals surface area (Å²) < 4.78 is 27.3.